The van der Waals surface area contributed by atoms with Crippen LogP contribution in [-0.4, -0.2) is 45.1 Å². The summed E-state index contributed by atoms with van der Waals surface area (Å²) in [5, 5.41) is 7.34. The van der Waals surface area contributed by atoms with Crippen LogP contribution in [0.4, 0.5) is 5.69 Å². The molecule has 2 aromatic rings. The molecule has 0 aliphatic carbocycles. The lowest BCUT2D eigenvalue weighted by atomic mass is 10.1. The van der Waals surface area contributed by atoms with Crippen molar-refractivity contribution in [2.75, 3.05) is 18.9 Å². The van der Waals surface area contributed by atoms with Crippen molar-refractivity contribution in [1.82, 2.24) is 19.7 Å². The first-order chi connectivity index (χ1) is 10.5. The van der Waals surface area contributed by atoms with E-state index >= 15 is 0 Å². The number of hydrogen-bond acceptors (Lipinski definition) is 4. The fraction of sp³-hybridized carbons (Fsp3) is 0.286. The second kappa shape index (κ2) is 5.76. The second-order valence-corrected chi connectivity index (χ2v) is 5.61. The lowest BCUT2D eigenvalue weighted by Gasteiger charge is -2.11. The van der Waals surface area contributed by atoms with E-state index in [-0.39, 0.29) is 24.2 Å². The molecule has 2 amide bonds. The highest BCUT2D eigenvalue weighted by Gasteiger charge is 2.32. The topological polar surface area (TPSA) is 80.1 Å². The lowest BCUT2D eigenvalue weighted by Crippen LogP contribution is -2.25. The molecule has 0 bridgehead atoms. The smallest absolute Gasteiger partial charge is 0.229 e. The molecule has 1 aliphatic heterocycles. The third-order valence-electron chi connectivity index (χ3n) is 3.51. The Hall–Kier alpha value is -2.41. The third-order valence-corrected chi connectivity index (χ3v) is 3.71. The third kappa shape index (κ3) is 2.94. The average molecular weight is 320 g/mol. The predicted octanol–water partition coefficient (Wildman–Crippen LogP) is 1.34. The molecule has 1 aliphatic rings. The lowest BCUT2D eigenvalue weighted by molar-refractivity contribution is -0.127. The molecule has 2 aromatic heterocycles. The van der Waals surface area contributed by atoms with Crippen LogP contribution in [0.25, 0.3) is 5.82 Å². The summed E-state index contributed by atoms with van der Waals surface area (Å²) in [5.74, 6) is 0.0985. The van der Waals surface area contributed by atoms with Gasteiger partial charge in [0.05, 0.1) is 35.2 Å². The van der Waals surface area contributed by atoms with E-state index in [4.69, 9.17) is 11.6 Å². The van der Waals surface area contributed by atoms with Crippen LogP contribution < -0.4 is 5.32 Å². The van der Waals surface area contributed by atoms with Gasteiger partial charge in [0.15, 0.2) is 5.82 Å². The zero-order valence-corrected chi connectivity index (χ0v) is 12.6. The maximum absolute atomic E-state index is 12.1. The molecule has 0 radical (unpaired) electrons. The van der Waals surface area contributed by atoms with Crippen LogP contribution in [0, 0.1) is 5.92 Å². The maximum atomic E-state index is 12.1. The SMILES string of the molecule is CN1C[C@H](C(=O)Nc2ccc(-n3cc(Cl)cn3)nc2)CC1=O. The number of likely N-dealkylation sites (tertiary alicyclic amines) is 1. The van der Waals surface area contributed by atoms with Crippen molar-refractivity contribution in [3.8, 4) is 5.82 Å². The summed E-state index contributed by atoms with van der Waals surface area (Å²) in [7, 11) is 1.70. The van der Waals surface area contributed by atoms with Crippen LogP contribution in [0.5, 0.6) is 0 Å². The van der Waals surface area contributed by atoms with Gasteiger partial charge < -0.3 is 10.2 Å². The Morgan fingerprint density at radius 1 is 1.41 bits per heavy atom. The van der Waals surface area contributed by atoms with Crippen molar-refractivity contribution >= 4 is 29.1 Å². The highest BCUT2D eigenvalue weighted by atomic mass is 35.5. The number of nitrogens with one attached hydrogen (secondary N) is 1. The Balaban J connectivity index is 1.66. The number of anilines is 1. The van der Waals surface area contributed by atoms with E-state index in [1.807, 2.05) is 0 Å². The van der Waals surface area contributed by atoms with E-state index in [0.717, 1.165) is 0 Å². The van der Waals surface area contributed by atoms with Gasteiger partial charge >= 0.3 is 0 Å². The van der Waals surface area contributed by atoms with Crippen molar-refractivity contribution in [3.05, 3.63) is 35.7 Å². The number of carbonyl (C=O) groups excluding carboxylic acids is 2. The molecule has 1 N–H and O–H groups in total. The molecule has 1 fully saturated rings. The standard InChI is InChI=1S/C14H14ClN5O2/c1-19-7-9(4-13(19)21)14(22)18-11-2-3-12(16-6-11)20-8-10(15)5-17-20/h2-3,5-6,8-9H,4,7H2,1H3,(H,18,22)/t9-/m1/s1. The summed E-state index contributed by atoms with van der Waals surface area (Å²) in [6.45, 7) is 0.446. The first kappa shape index (κ1) is 14.5. The first-order valence-electron chi connectivity index (χ1n) is 6.74. The predicted molar refractivity (Wildman–Crippen MR) is 80.7 cm³/mol. The Morgan fingerprint density at radius 3 is 2.77 bits per heavy atom. The van der Waals surface area contributed by atoms with Crippen molar-refractivity contribution in [2.45, 2.75) is 6.42 Å². The number of amides is 2. The molecule has 0 saturated carbocycles. The average Bonchev–Trinajstić information content (AvgIpc) is 3.07. The van der Waals surface area contributed by atoms with E-state index in [1.54, 1.807) is 41.2 Å². The van der Waals surface area contributed by atoms with Gasteiger partial charge in [-0.25, -0.2) is 9.67 Å². The Kier molecular flexibility index (Phi) is 3.81. The Bertz CT molecular complexity index is 712. The van der Waals surface area contributed by atoms with Crippen LogP contribution in [0.3, 0.4) is 0 Å². The maximum Gasteiger partial charge on any atom is 0.229 e. The number of halogens is 1. The number of nitrogens with zero attached hydrogens (tertiary/aromatic N) is 4. The summed E-state index contributed by atoms with van der Waals surface area (Å²) in [5.41, 5.74) is 0.578. The molecule has 1 saturated heterocycles. The number of pyridine rings is 1. The van der Waals surface area contributed by atoms with Gasteiger partial charge in [-0.05, 0) is 12.1 Å². The summed E-state index contributed by atoms with van der Waals surface area (Å²) in [6, 6.07) is 3.46. The van der Waals surface area contributed by atoms with Gasteiger partial charge in [-0.1, -0.05) is 11.6 Å². The number of carbonyl (C=O) groups is 2. The molecule has 22 heavy (non-hydrogen) atoms. The van der Waals surface area contributed by atoms with Gasteiger partial charge in [0.2, 0.25) is 11.8 Å². The van der Waals surface area contributed by atoms with E-state index in [1.165, 1.54) is 6.20 Å². The summed E-state index contributed by atoms with van der Waals surface area (Å²) in [6.07, 6.45) is 4.96. The summed E-state index contributed by atoms with van der Waals surface area (Å²) >= 11 is 5.81. The first-order valence-corrected chi connectivity index (χ1v) is 7.12. The molecule has 0 aromatic carbocycles. The van der Waals surface area contributed by atoms with Gasteiger partial charge in [-0.15, -0.1) is 0 Å². The molecule has 3 rings (SSSR count). The van der Waals surface area contributed by atoms with Crippen molar-refractivity contribution in [1.29, 1.82) is 0 Å². The van der Waals surface area contributed by atoms with Gasteiger partial charge in [-0.2, -0.15) is 5.10 Å². The normalized spacial score (nSPS) is 17.8. The summed E-state index contributed by atoms with van der Waals surface area (Å²) < 4.78 is 1.54. The van der Waals surface area contributed by atoms with Crippen LogP contribution in [0.2, 0.25) is 5.02 Å². The van der Waals surface area contributed by atoms with Crippen molar-refractivity contribution in [2.24, 2.45) is 5.92 Å². The van der Waals surface area contributed by atoms with Gasteiger partial charge in [-0.3, -0.25) is 9.59 Å². The summed E-state index contributed by atoms with van der Waals surface area (Å²) in [4.78, 5) is 29.4. The fourth-order valence-electron chi connectivity index (χ4n) is 2.31. The van der Waals surface area contributed by atoms with Gasteiger partial charge in [0, 0.05) is 20.0 Å². The highest BCUT2D eigenvalue weighted by molar-refractivity contribution is 6.30. The van der Waals surface area contributed by atoms with Gasteiger partial charge in [0.1, 0.15) is 0 Å². The highest BCUT2D eigenvalue weighted by Crippen LogP contribution is 2.19. The monoisotopic (exact) mass is 319 g/mol. The minimum Gasteiger partial charge on any atom is -0.345 e. The number of rotatable bonds is 3. The molecule has 0 unspecified atom stereocenters. The Morgan fingerprint density at radius 2 is 2.23 bits per heavy atom. The largest absolute Gasteiger partial charge is 0.345 e. The zero-order chi connectivity index (χ0) is 15.7. The van der Waals surface area contributed by atoms with Gasteiger partial charge in [0.25, 0.3) is 0 Å². The molecule has 7 nitrogen and oxygen atoms in total. The Labute approximate surface area is 131 Å². The number of aromatic nitrogens is 3. The van der Waals surface area contributed by atoms with Crippen LogP contribution >= 0.6 is 11.6 Å². The van der Waals surface area contributed by atoms with E-state index in [0.29, 0.717) is 23.1 Å². The molecule has 8 heteroatoms. The van der Waals surface area contributed by atoms with Crippen molar-refractivity contribution < 1.29 is 9.59 Å². The van der Waals surface area contributed by atoms with Crippen LogP contribution in [0.15, 0.2) is 30.7 Å². The van der Waals surface area contributed by atoms with E-state index < -0.39 is 0 Å². The quantitative estimate of drug-likeness (QED) is 0.925. The minimum absolute atomic E-state index is 0.0100. The number of hydrogen-bond donors (Lipinski definition) is 1. The molecular weight excluding hydrogens is 306 g/mol. The molecule has 1 atom stereocenters. The molecule has 3 heterocycles. The van der Waals surface area contributed by atoms with E-state index in [9.17, 15) is 9.59 Å². The molecular formula is C14H14ClN5O2. The second-order valence-electron chi connectivity index (χ2n) is 5.17. The molecule has 0 spiro atoms. The fourth-order valence-corrected chi connectivity index (χ4v) is 2.44. The van der Waals surface area contributed by atoms with E-state index in [2.05, 4.69) is 15.4 Å². The zero-order valence-electron chi connectivity index (χ0n) is 11.9. The minimum atomic E-state index is -0.318. The van der Waals surface area contributed by atoms with Crippen molar-refractivity contribution in [3.63, 3.8) is 0 Å². The molecule has 114 valence electrons. The van der Waals surface area contributed by atoms with Crippen LogP contribution in [-0.2, 0) is 9.59 Å². The van der Waals surface area contributed by atoms with Crippen LogP contribution in [0.1, 0.15) is 6.42 Å².